The highest BCUT2D eigenvalue weighted by molar-refractivity contribution is 7.80. The van der Waals surface area contributed by atoms with Crippen LogP contribution in [0.4, 0.5) is 0 Å². The number of nitrogens with zero attached hydrogens (tertiary/aromatic N) is 3. The molecule has 7 heteroatoms. The predicted octanol–water partition coefficient (Wildman–Crippen LogP) is 5.40. The maximum Gasteiger partial charge on any atom is 0.169 e. The summed E-state index contributed by atoms with van der Waals surface area (Å²) in [5.74, 6) is 0. The van der Waals surface area contributed by atoms with Crippen LogP contribution in [0.2, 0.25) is 10.0 Å². The first-order valence-corrected chi connectivity index (χ1v) is 10.1. The first-order valence-electron chi connectivity index (χ1n) is 8.97. The largest absolute Gasteiger partial charge is 0.352 e. The minimum Gasteiger partial charge on any atom is -0.352 e. The smallest absolute Gasteiger partial charge is 0.169 e. The van der Waals surface area contributed by atoms with Gasteiger partial charge in [-0.25, -0.2) is 0 Å². The van der Waals surface area contributed by atoms with E-state index in [4.69, 9.17) is 35.4 Å². The molecule has 0 bridgehead atoms. The normalized spacial score (nSPS) is 19.2. The number of aryl methyl sites for hydroxylation is 1. The third-order valence-corrected chi connectivity index (χ3v) is 6.22. The first kappa shape index (κ1) is 19.2. The van der Waals surface area contributed by atoms with Gasteiger partial charge in [-0.3, -0.25) is 4.98 Å². The molecule has 1 aromatic carbocycles. The Balaban J connectivity index is 1.83. The summed E-state index contributed by atoms with van der Waals surface area (Å²) in [4.78, 5) is 6.66. The molecular weight excluding hydrogens is 411 g/mol. The Bertz CT molecular complexity index is 1050. The Morgan fingerprint density at radius 2 is 1.89 bits per heavy atom. The molecule has 2 atom stereocenters. The molecule has 144 valence electrons. The lowest BCUT2D eigenvalue weighted by atomic mass is 9.97. The zero-order valence-electron chi connectivity index (χ0n) is 15.8. The summed E-state index contributed by atoms with van der Waals surface area (Å²) in [5, 5.41) is 5.39. The molecule has 4 nitrogen and oxygen atoms in total. The van der Waals surface area contributed by atoms with Crippen LogP contribution in [-0.4, -0.2) is 26.6 Å². The van der Waals surface area contributed by atoms with Crippen LogP contribution in [0.5, 0.6) is 0 Å². The van der Waals surface area contributed by atoms with Crippen molar-refractivity contribution in [3.63, 3.8) is 0 Å². The number of aromatic nitrogens is 2. The van der Waals surface area contributed by atoms with Gasteiger partial charge in [0, 0.05) is 29.7 Å². The number of hydrogen-bond acceptors (Lipinski definition) is 2. The Hall–Kier alpha value is -2.08. The van der Waals surface area contributed by atoms with E-state index in [0.717, 1.165) is 27.9 Å². The summed E-state index contributed by atoms with van der Waals surface area (Å²) in [6.07, 6.45) is 1.81. The predicted molar refractivity (Wildman–Crippen MR) is 118 cm³/mol. The summed E-state index contributed by atoms with van der Waals surface area (Å²) in [6, 6.07) is 13.7. The van der Waals surface area contributed by atoms with Crippen molar-refractivity contribution in [1.82, 2.24) is 19.8 Å². The van der Waals surface area contributed by atoms with Gasteiger partial charge in [0.15, 0.2) is 5.11 Å². The van der Waals surface area contributed by atoms with E-state index in [1.54, 1.807) is 6.07 Å². The second-order valence-corrected chi connectivity index (χ2v) is 8.23. The van der Waals surface area contributed by atoms with Crippen molar-refractivity contribution in [3.8, 4) is 5.69 Å². The quantitative estimate of drug-likeness (QED) is 0.563. The van der Waals surface area contributed by atoms with Gasteiger partial charge < -0.3 is 14.8 Å². The fraction of sp³-hybridized carbons (Fsp3) is 0.238. The average Bonchev–Trinajstić information content (AvgIpc) is 3.12. The number of rotatable bonds is 3. The van der Waals surface area contributed by atoms with E-state index >= 15 is 0 Å². The molecule has 1 aliphatic heterocycles. The maximum absolute atomic E-state index is 6.49. The van der Waals surface area contributed by atoms with Crippen LogP contribution in [0, 0.1) is 13.8 Å². The molecule has 0 aliphatic carbocycles. The van der Waals surface area contributed by atoms with Crippen molar-refractivity contribution < 1.29 is 0 Å². The van der Waals surface area contributed by atoms with E-state index in [1.807, 2.05) is 43.6 Å². The highest BCUT2D eigenvalue weighted by Gasteiger charge is 2.39. The van der Waals surface area contributed by atoms with E-state index in [1.165, 1.54) is 5.56 Å². The van der Waals surface area contributed by atoms with Crippen molar-refractivity contribution >= 4 is 40.5 Å². The molecular formula is C21H20Cl2N4S. The van der Waals surface area contributed by atoms with Gasteiger partial charge >= 0.3 is 0 Å². The number of hydrogen-bond donors (Lipinski definition) is 1. The van der Waals surface area contributed by atoms with Crippen LogP contribution in [0.3, 0.4) is 0 Å². The van der Waals surface area contributed by atoms with Gasteiger partial charge in [0.05, 0.1) is 28.5 Å². The second kappa shape index (κ2) is 7.39. The van der Waals surface area contributed by atoms with Gasteiger partial charge in [-0.2, -0.15) is 0 Å². The molecule has 0 amide bonds. The molecule has 0 spiro atoms. The summed E-state index contributed by atoms with van der Waals surface area (Å²) in [6.45, 7) is 4.19. The highest BCUT2D eigenvalue weighted by atomic mass is 35.5. The standard InChI is InChI=1S/C21H20Cl2N4S/c1-12-10-15(13(2)27(12)18-8-7-14(22)11-16(18)23)20-19(25-21(28)26(20)3)17-6-4-5-9-24-17/h4-11,19-20H,1-3H3,(H,25,28)/t19-,20-/m1/s1. The fourth-order valence-corrected chi connectivity index (χ4v) is 4.70. The van der Waals surface area contributed by atoms with E-state index in [2.05, 4.69) is 39.7 Å². The lowest BCUT2D eigenvalue weighted by molar-refractivity contribution is 0.367. The second-order valence-electron chi connectivity index (χ2n) is 7.00. The summed E-state index contributed by atoms with van der Waals surface area (Å²) in [7, 11) is 2.02. The minimum atomic E-state index is -0.0201. The monoisotopic (exact) mass is 430 g/mol. The van der Waals surface area contributed by atoms with Crippen LogP contribution in [-0.2, 0) is 0 Å². The number of nitrogens with one attached hydrogen (secondary N) is 1. The van der Waals surface area contributed by atoms with Crippen molar-refractivity contribution in [2.75, 3.05) is 7.05 Å². The molecule has 1 fully saturated rings. The molecule has 2 aromatic heterocycles. The van der Waals surface area contributed by atoms with Gasteiger partial charge in [0.1, 0.15) is 0 Å². The molecule has 4 rings (SSSR count). The van der Waals surface area contributed by atoms with Crippen LogP contribution in [0.15, 0.2) is 48.7 Å². The Morgan fingerprint density at radius 3 is 2.57 bits per heavy atom. The van der Waals surface area contributed by atoms with Crippen LogP contribution in [0.25, 0.3) is 5.69 Å². The topological polar surface area (TPSA) is 33.1 Å². The molecule has 1 saturated heterocycles. The third-order valence-electron chi connectivity index (χ3n) is 5.28. The first-order chi connectivity index (χ1) is 13.4. The highest BCUT2D eigenvalue weighted by Crippen LogP contribution is 2.41. The SMILES string of the molecule is Cc1cc([C@@H]2[C@@H](c3ccccn3)NC(=S)N2C)c(C)n1-c1ccc(Cl)cc1Cl. The number of pyridine rings is 1. The molecule has 1 aliphatic rings. The van der Waals surface area contributed by atoms with Gasteiger partial charge in [0.25, 0.3) is 0 Å². The molecule has 28 heavy (non-hydrogen) atoms. The molecule has 0 saturated carbocycles. The van der Waals surface area contributed by atoms with E-state index in [-0.39, 0.29) is 12.1 Å². The Kier molecular flexibility index (Phi) is 5.08. The van der Waals surface area contributed by atoms with Crippen LogP contribution in [0.1, 0.15) is 34.7 Å². The van der Waals surface area contributed by atoms with Gasteiger partial charge in [-0.05, 0) is 68.0 Å². The van der Waals surface area contributed by atoms with Crippen molar-refractivity contribution in [2.24, 2.45) is 0 Å². The zero-order valence-corrected chi connectivity index (χ0v) is 18.1. The van der Waals surface area contributed by atoms with Crippen LogP contribution >= 0.6 is 35.4 Å². The van der Waals surface area contributed by atoms with Crippen molar-refractivity contribution in [1.29, 1.82) is 0 Å². The van der Waals surface area contributed by atoms with Crippen LogP contribution < -0.4 is 5.32 Å². The molecule has 0 unspecified atom stereocenters. The van der Waals surface area contributed by atoms with Gasteiger partial charge in [0.2, 0.25) is 0 Å². The lowest BCUT2D eigenvalue weighted by Gasteiger charge is -2.24. The van der Waals surface area contributed by atoms with Crippen molar-refractivity contribution in [3.05, 3.63) is 81.4 Å². The van der Waals surface area contributed by atoms with E-state index in [9.17, 15) is 0 Å². The lowest BCUT2D eigenvalue weighted by Crippen LogP contribution is -2.25. The number of halogens is 2. The summed E-state index contributed by atoms with van der Waals surface area (Å²) >= 11 is 18.1. The number of likely N-dealkylation sites (N-methyl/N-ethyl adjacent to an activating group) is 1. The Labute approximate surface area is 180 Å². The molecule has 1 N–H and O–H groups in total. The van der Waals surface area contributed by atoms with Gasteiger partial charge in [-0.15, -0.1) is 0 Å². The number of benzene rings is 1. The fourth-order valence-electron chi connectivity index (χ4n) is 3.97. The van der Waals surface area contributed by atoms with E-state index in [0.29, 0.717) is 10.0 Å². The van der Waals surface area contributed by atoms with E-state index < -0.39 is 0 Å². The summed E-state index contributed by atoms with van der Waals surface area (Å²) < 4.78 is 2.17. The average molecular weight is 431 g/mol. The zero-order chi connectivity index (χ0) is 20.0. The third kappa shape index (κ3) is 3.17. The van der Waals surface area contributed by atoms with Crippen molar-refractivity contribution in [2.45, 2.75) is 25.9 Å². The van der Waals surface area contributed by atoms with Gasteiger partial charge in [-0.1, -0.05) is 29.3 Å². The minimum absolute atomic E-state index is 0.0201. The Morgan fingerprint density at radius 1 is 1.11 bits per heavy atom. The maximum atomic E-state index is 6.49. The summed E-state index contributed by atoms with van der Waals surface area (Å²) in [5.41, 5.74) is 5.29. The molecule has 3 aromatic rings. The number of thiocarbonyl (C=S) groups is 1. The molecule has 3 heterocycles. The molecule has 0 radical (unpaired) electrons.